The van der Waals surface area contributed by atoms with Crippen molar-refractivity contribution >= 4 is 0 Å². The van der Waals surface area contributed by atoms with Gasteiger partial charge in [0, 0.05) is 25.2 Å². The minimum absolute atomic E-state index is 0.533. The van der Waals surface area contributed by atoms with E-state index in [0.29, 0.717) is 12.1 Å². The highest BCUT2D eigenvalue weighted by Crippen LogP contribution is 2.26. The highest BCUT2D eigenvalue weighted by atomic mass is 15.2. The Balaban J connectivity index is 2.02. The predicted molar refractivity (Wildman–Crippen MR) is 77.8 cm³/mol. The molecule has 1 aromatic rings. The molecule has 1 aromatic carbocycles. The Kier molecular flexibility index (Phi) is 4.41. The fraction of sp³-hybridized carbons (Fsp3) is 0.625. The molecule has 0 bridgehead atoms. The molecule has 0 radical (unpaired) electrons. The van der Waals surface area contributed by atoms with Gasteiger partial charge >= 0.3 is 0 Å². The number of nitrogens with zero attached hydrogens (tertiary/aromatic N) is 1. The fourth-order valence-corrected chi connectivity index (χ4v) is 3.01. The Hall–Kier alpha value is -0.860. The van der Waals surface area contributed by atoms with Crippen molar-refractivity contribution in [2.24, 2.45) is 5.92 Å². The number of hydrogen-bond donors (Lipinski definition) is 1. The maximum atomic E-state index is 3.43. The van der Waals surface area contributed by atoms with Crippen LogP contribution in [0.4, 0.5) is 0 Å². The average Bonchev–Trinajstić information content (AvgIpc) is 2.38. The minimum Gasteiger partial charge on any atom is -0.317 e. The van der Waals surface area contributed by atoms with E-state index in [1.54, 1.807) is 0 Å². The normalized spacial score (nSPS) is 27.1. The van der Waals surface area contributed by atoms with Gasteiger partial charge in [-0.15, -0.1) is 0 Å². The quantitative estimate of drug-likeness (QED) is 0.882. The van der Waals surface area contributed by atoms with Crippen molar-refractivity contribution in [1.82, 2.24) is 10.2 Å². The Morgan fingerprint density at radius 1 is 1.28 bits per heavy atom. The first-order valence-electron chi connectivity index (χ1n) is 7.09. The SMILES string of the molecule is CNC1CCN(C(C)c2ccc(C)cc2)CC1C. The van der Waals surface area contributed by atoms with Crippen molar-refractivity contribution in [3.63, 3.8) is 0 Å². The Morgan fingerprint density at radius 3 is 2.50 bits per heavy atom. The monoisotopic (exact) mass is 246 g/mol. The summed E-state index contributed by atoms with van der Waals surface area (Å²) in [6.07, 6.45) is 1.26. The number of nitrogens with one attached hydrogen (secondary N) is 1. The van der Waals surface area contributed by atoms with Crippen molar-refractivity contribution in [2.75, 3.05) is 20.1 Å². The van der Waals surface area contributed by atoms with E-state index in [2.05, 4.69) is 62.3 Å². The molecule has 0 aliphatic carbocycles. The summed E-state index contributed by atoms with van der Waals surface area (Å²) >= 11 is 0. The maximum Gasteiger partial charge on any atom is 0.0320 e. The molecule has 0 saturated carbocycles. The summed E-state index contributed by atoms with van der Waals surface area (Å²) in [5.74, 6) is 0.733. The van der Waals surface area contributed by atoms with E-state index in [-0.39, 0.29) is 0 Å². The molecular weight excluding hydrogens is 220 g/mol. The first-order valence-corrected chi connectivity index (χ1v) is 7.09. The van der Waals surface area contributed by atoms with E-state index >= 15 is 0 Å². The zero-order valence-corrected chi connectivity index (χ0v) is 12.1. The molecule has 2 rings (SSSR count). The van der Waals surface area contributed by atoms with Crippen molar-refractivity contribution < 1.29 is 0 Å². The van der Waals surface area contributed by atoms with Crippen LogP contribution in [-0.4, -0.2) is 31.1 Å². The molecule has 1 aliphatic heterocycles. The van der Waals surface area contributed by atoms with Gasteiger partial charge in [0.1, 0.15) is 0 Å². The standard InChI is InChI=1S/C16H26N2/c1-12-5-7-15(8-6-12)14(3)18-10-9-16(17-4)13(2)11-18/h5-8,13-14,16-17H,9-11H2,1-4H3. The second kappa shape index (κ2) is 5.85. The van der Waals surface area contributed by atoms with E-state index in [9.17, 15) is 0 Å². The Bertz CT molecular complexity index is 371. The summed E-state index contributed by atoms with van der Waals surface area (Å²) in [6, 6.07) is 10.2. The molecule has 3 unspecified atom stereocenters. The summed E-state index contributed by atoms with van der Waals surface area (Å²) in [6.45, 7) is 9.23. The molecule has 18 heavy (non-hydrogen) atoms. The molecule has 2 nitrogen and oxygen atoms in total. The van der Waals surface area contributed by atoms with Gasteiger partial charge < -0.3 is 5.32 Å². The third kappa shape index (κ3) is 2.93. The van der Waals surface area contributed by atoms with Crippen LogP contribution in [0.3, 0.4) is 0 Å². The van der Waals surface area contributed by atoms with Crippen molar-refractivity contribution in [3.8, 4) is 0 Å². The van der Waals surface area contributed by atoms with Crippen LogP contribution in [0.1, 0.15) is 37.4 Å². The van der Waals surface area contributed by atoms with Gasteiger partial charge in [-0.05, 0) is 38.8 Å². The molecule has 1 saturated heterocycles. The molecule has 1 fully saturated rings. The molecule has 0 spiro atoms. The van der Waals surface area contributed by atoms with Gasteiger partial charge in [-0.25, -0.2) is 0 Å². The summed E-state index contributed by atoms with van der Waals surface area (Å²) in [4.78, 5) is 2.61. The van der Waals surface area contributed by atoms with Crippen LogP contribution in [0.2, 0.25) is 0 Å². The number of hydrogen-bond acceptors (Lipinski definition) is 2. The van der Waals surface area contributed by atoms with Crippen molar-refractivity contribution in [1.29, 1.82) is 0 Å². The summed E-state index contributed by atoms with van der Waals surface area (Å²) in [5.41, 5.74) is 2.78. The molecule has 100 valence electrons. The van der Waals surface area contributed by atoms with Crippen LogP contribution in [-0.2, 0) is 0 Å². The number of likely N-dealkylation sites (tertiary alicyclic amines) is 1. The zero-order chi connectivity index (χ0) is 13.1. The van der Waals surface area contributed by atoms with E-state index in [1.807, 2.05) is 0 Å². The number of aryl methyl sites for hydroxylation is 1. The van der Waals surface area contributed by atoms with Gasteiger partial charge in [-0.3, -0.25) is 4.90 Å². The topological polar surface area (TPSA) is 15.3 Å². The lowest BCUT2D eigenvalue weighted by Crippen LogP contribution is -2.47. The van der Waals surface area contributed by atoms with Gasteiger partial charge in [0.25, 0.3) is 0 Å². The second-order valence-corrected chi connectivity index (χ2v) is 5.74. The molecule has 1 aliphatic rings. The van der Waals surface area contributed by atoms with E-state index in [4.69, 9.17) is 0 Å². The van der Waals surface area contributed by atoms with E-state index < -0.39 is 0 Å². The van der Waals surface area contributed by atoms with Crippen LogP contribution in [0.5, 0.6) is 0 Å². The predicted octanol–water partition coefficient (Wildman–Crippen LogP) is 2.99. The Labute approximate surface area is 111 Å². The van der Waals surface area contributed by atoms with Crippen LogP contribution < -0.4 is 5.32 Å². The number of benzene rings is 1. The van der Waals surface area contributed by atoms with Crippen LogP contribution >= 0.6 is 0 Å². The average molecular weight is 246 g/mol. The lowest BCUT2D eigenvalue weighted by atomic mass is 9.92. The highest BCUT2D eigenvalue weighted by molar-refractivity contribution is 5.23. The van der Waals surface area contributed by atoms with Gasteiger partial charge in [0.15, 0.2) is 0 Å². The van der Waals surface area contributed by atoms with Gasteiger partial charge in [-0.2, -0.15) is 0 Å². The van der Waals surface area contributed by atoms with E-state index in [1.165, 1.54) is 30.6 Å². The summed E-state index contributed by atoms with van der Waals surface area (Å²) < 4.78 is 0. The third-order valence-corrected chi connectivity index (χ3v) is 4.41. The Morgan fingerprint density at radius 2 is 1.94 bits per heavy atom. The first kappa shape index (κ1) is 13.6. The third-order valence-electron chi connectivity index (χ3n) is 4.41. The fourth-order valence-electron chi connectivity index (χ4n) is 3.01. The van der Waals surface area contributed by atoms with Crippen molar-refractivity contribution in [3.05, 3.63) is 35.4 Å². The van der Waals surface area contributed by atoms with Crippen LogP contribution in [0.25, 0.3) is 0 Å². The first-order chi connectivity index (χ1) is 8.61. The van der Waals surface area contributed by atoms with Gasteiger partial charge in [0.2, 0.25) is 0 Å². The largest absolute Gasteiger partial charge is 0.317 e. The lowest BCUT2D eigenvalue weighted by molar-refractivity contribution is 0.114. The molecule has 0 aromatic heterocycles. The summed E-state index contributed by atoms with van der Waals surface area (Å²) in [5, 5.41) is 3.43. The molecule has 3 atom stereocenters. The molecular formula is C16H26N2. The van der Waals surface area contributed by atoms with E-state index in [0.717, 1.165) is 5.92 Å². The molecule has 0 amide bonds. The smallest absolute Gasteiger partial charge is 0.0320 e. The second-order valence-electron chi connectivity index (χ2n) is 5.74. The molecule has 1 N–H and O–H groups in total. The van der Waals surface area contributed by atoms with Gasteiger partial charge in [-0.1, -0.05) is 36.8 Å². The summed E-state index contributed by atoms with van der Waals surface area (Å²) in [7, 11) is 2.08. The lowest BCUT2D eigenvalue weighted by Gasteiger charge is -2.40. The maximum absolute atomic E-state index is 3.43. The van der Waals surface area contributed by atoms with Gasteiger partial charge in [0.05, 0.1) is 0 Å². The number of piperidine rings is 1. The molecule has 1 heterocycles. The number of rotatable bonds is 3. The highest BCUT2D eigenvalue weighted by Gasteiger charge is 2.27. The van der Waals surface area contributed by atoms with Crippen LogP contribution in [0.15, 0.2) is 24.3 Å². The molecule has 2 heteroatoms. The minimum atomic E-state index is 0.533. The van der Waals surface area contributed by atoms with Crippen molar-refractivity contribution in [2.45, 2.75) is 39.3 Å². The van der Waals surface area contributed by atoms with Crippen LogP contribution in [0, 0.1) is 12.8 Å². The zero-order valence-electron chi connectivity index (χ0n) is 12.1.